The van der Waals surface area contributed by atoms with Crippen LogP contribution in [-0.2, 0) is 16.0 Å². The van der Waals surface area contributed by atoms with Crippen molar-refractivity contribution in [1.82, 2.24) is 5.32 Å². The molecule has 0 heterocycles. The van der Waals surface area contributed by atoms with Crippen molar-refractivity contribution in [1.29, 1.82) is 0 Å². The summed E-state index contributed by atoms with van der Waals surface area (Å²) in [7, 11) is 0. The molecule has 1 atom stereocenters. The number of ketones is 1. The molecular formula is C19H29NO3. The first-order valence-electron chi connectivity index (χ1n) is 8.50. The van der Waals surface area contributed by atoms with Crippen molar-refractivity contribution in [2.75, 3.05) is 13.2 Å². The predicted molar refractivity (Wildman–Crippen MR) is 92.6 cm³/mol. The quantitative estimate of drug-likeness (QED) is 0.530. The van der Waals surface area contributed by atoms with Gasteiger partial charge >= 0.3 is 5.97 Å². The molecule has 4 nitrogen and oxygen atoms in total. The summed E-state index contributed by atoms with van der Waals surface area (Å²) in [5.74, 6) is 0.188. The van der Waals surface area contributed by atoms with E-state index in [1.165, 1.54) is 5.56 Å². The molecule has 0 amide bonds. The Labute approximate surface area is 139 Å². The first-order chi connectivity index (χ1) is 11.0. The third-order valence-electron chi connectivity index (χ3n) is 3.52. The van der Waals surface area contributed by atoms with Crippen LogP contribution in [0.4, 0.5) is 0 Å². The van der Waals surface area contributed by atoms with Crippen LogP contribution >= 0.6 is 0 Å². The summed E-state index contributed by atoms with van der Waals surface area (Å²) in [6.45, 7) is 9.16. The summed E-state index contributed by atoms with van der Waals surface area (Å²) in [5.41, 5.74) is 1.86. The van der Waals surface area contributed by atoms with Crippen LogP contribution in [0.15, 0.2) is 24.3 Å². The summed E-state index contributed by atoms with van der Waals surface area (Å²) in [5, 5.41) is 3.15. The Morgan fingerprint density at radius 3 is 2.30 bits per heavy atom. The average molecular weight is 319 g/mol. The van der Waals surface area contributed by atoms with Gasteiger partial charge in [0, 0.05) is 5.56 Å². The van der Waals surface area contributed by atoms with Gasteiger partial charge < -0.3 is 10.1 Å². The van der Waals surface area contributed by atoms with Crippen molar-refractivity contribution in [2.45, 2.75) is 53.0 Å². The van der Waals surface area contributed by atoms with Crippen LogP contribution in [0.2, 0.25) is 0 Å². The molecule has 0 aromatic heterocycles. The third kappa shape index (κ3) is 6.95. The topological polar surface area (TPSA) is 55.4 Å². The average Bonchev–Trinajstić information content (AvgIpc) is 2.51. The van der Waals surface area contributed by atoms with Crippen molar-refractivity contribution < 1.29 is 14.3 Å². The van der Waals surface area contributed by atoms with E-state index in [0.29, 0.717) is 24.6 Å². The standard InChI is InChI=1S/C19H29NO3/c1-5-11-20-17(13-18(21)23-6-2)19(22)16-9-7-15(8-10-16)12-14(3)4/h7-10,14,17,20H,5-6,11-13H2,1-4H3. The van der Waals surface area contributed by atoms with Gasteiger partial charge in [-0.25, -0.2) is 0 Å². The van der Waals surface area contributed by atoms with E-state index in [1.807, 2.05) is 31.2 Å². The minimum absolute atomic E-state index is 0.0531. The van der Waals surface area contributed by atoms with Gasteiger partial charge in [-0.2, -0.15) is 0 Å². The van der Waals surface area contributed by atoms with E-state index < -0.39 is 6.04 Å². The predicted octanol–water partition coefficient (Wildman–Crippen LogP) is 3.39. The molecule has 1 unspecified atom stereocenters. The minimum Gasteiger partial charge on any atom is -0.466 e. The molecule has 4 heteroatoms. The van der Waals surface area contributed by atoms with E-state index in [2.05, 4.69) is 19.2 Å². The molecule has 0 radical (unpaired) electrons. The fraction of sp³-hybridized carbons (Fsp3) is 0.579. The van der Waals surface area contributed by atoms with Gasteiger partial charge in [0.25, 0.3) is 0 Å². The Bertz CT molecular complexity index is 494. The van der Waals surface area contributed by atoms with Gasteiger partial charge in [0.1, 0.15) is 0 Å². The van der Waals surface area contributed by atoms with E-state index in [0.717, 1.165) is 12.8 Å². The molecule has 1 aromatic carbocycles. The lowest BCUT2D eigenvalue weighted by Crippen LogP contribution is -2.39. The van der Waals surface area contributed by atoms with E-state index in [-0.39, 0.29) is 18.2 Å². The normalized spacial score (nSPS) is 12.2. The van der Waals surface area contributed by atoms with Crippen molar-refractivity contribution in [3.05, 3.63) is 35.4 Å². The highest BCUT2D eigenvalue weighted by Gasteiger charge is 2.23. The highest BCUT2D eigenvalue weighted by atomic mass is 16.5. The smallest absolute Gasteiger partial charge is 0.307 e. The minimum atomic E-state index is -0.523. The summed E-state index contributed by atoms with van der Waals surface area (Å²) in [6, 6.07) is 7.17. The van der Waals surface area contributed by atoms with Crippen LogP contribution in [0.3, 0.4) is 0 Å². The van der Waals surface area contributed by atoms with Gasteiger partial charge in [-0.1, -0.05) is 45.0 Å². The molecule has 128 valence electrons. The Morgan fingerprint density at radius 2 is 1.78 bits per heavy atom. The van der Waals surface area contributed by atoms with E-state index >= 15 is 0 Å². The second-order valence-corrected chi connectivity index (χ2v) is 6.18. The molecule has 1 N–H and O–H groups in total. The second-order valence-electron chi connectivity index (χ2n) is 6.18. The monoisotopic (exact) mass is 319 g/mol. The maximum absolute atomic E-state index is 12.7. The van der Waals surface area contributed by atoms with Gasteiger partial charge in [-0.15, -0.1) is 0 Å². The van der Waals surface area contributed by atoms with Crippen LogP contribution in [-0.4, -0.2) is 30.9 Å². The van der Waals surface area contributed by atoms with Gasteiger partial charge in [-0.3, -0.25) is 9.59 Å². The highest BCUT2D eigenvalue weighted by Crippen LogP contribution is 2.13. The molecule has 0 aliphatic carbocycles. The lowest BCUT2D eigenvalue weighted by molar-refractivity contribution is -0.143. The van der Waals surface area contributed by atoms with Crippen LogP contribution in [0.1, 0.15) is 56.5 Å². The van der Waals surface area contributed by atoms with Gasteiger partial charge in [0.15, 0.2) is 5.78 Å². The SMILES string of the molecule is CCCNC(CC(=O)OCC)C(=O)c1ccc(CC(C)C)cc1. The summed E-state index contributed by atoms with van der Waals surface area (Å²) >= 11 is 0. The van der Waals surface area contributed by atoms with Crippen LogP contribution < -0.4 is 5.32 Å². The molecular weight excluding hydrogens is 290 g/mol. The zero-order valence-electron chi connectivity index (χ0n) is 14.7. The summed E-state index contributed by atoms with van der Waals surface area (Å²) in [6.07, 6.45) is 1.97. The van der Waals surface area contributed by atoms with Gasteiger partial charge in [0.2, 0.25) is 0 Å². The van der Waals surface area contributed by atoms with E-state index in [4.69, 9.17) is 4.74 Å². The third-order valence-corrected chi connectivity index (χ3v) is 3.52. The summed E-state index contributed by atoms with van der Waals surface area (Å²) < 4.78 is 4.97. The summed E-state index contributed by atoms with van der Waals surface area (Å²) in [4.78, 5) is 24.4. The molecule has 0 saturated heterocycles. The number of hydrogen-bond acceptors (Lipinski definition) is 4. The van der Waals surface area contributed by atoms with Crippen molar-refractivity contribution in [3.63, 3.8) is 0 Å². The first-order valence-corrected chi connectivity index (χ1v) is 8.50. The number of carbonyl (C=O) groups is 2. The van der Waals surface area contributed by atoms with Crippen molar-refractivity contribution >= 4 is 11.8 Å². The lowest BCUT2D eigenvalue weighted by atomic mass is 9.97. The Balaban J connectivity index is 2.79. The zero-order valence-corrected chi connectivity index (χ0v) is 14.7. The number of nitrogens with one attached hydrogen (secondary N) is 1. The fourth-order valence-electron chi connectivity index (χ4n) is 2.44. The number of benzene rings is 1. The molecule has 1 aromatic rings. The molecule has 0 aliphatic heterocycles. The fourth-order valence-corrected chi connectivity index (χ4v) is 2.44. The number of rotatable bonds is 10. The molecule has 23 heavy (non-hydrogen) atoms. The molecule has 0 saturated carbocycles. The Kier molecular flexibility index (Phi) is 8.56. The highest BCUT2D eigenvalue weighted by molar-refractivity contribution is 6.01. The number of hydrogen-bond donors (Lipinski definition) is 1. The van der Waals surface area contributed by atoms with E-state index in [1.54, 1.807) is 6.92 Å². The number of esters is 1. The molecule has 0 fully saturated rings. The van der Waals surface area contributed by atoms with Crippen molar-refractivity contribution in [3.8, 4) is 0 Å². The second kappa shape index (κ2) is 10.2. The van der Waals surface area contributed by atoms with Crippen LogP contribution in [0, 0.1) is 5.92 Å². The van der Waals surface area contributed by atoms with E-state index in [9.17, 15) is 9.59 Å². The number of Topliss-reactive ketones (excluding diaryl/α,β-unsaturated/α-hetero) is 1. The number of ether oxygens (including phenoxy) is 1. The lowest BCUT2D eigenvalue weighted by Gasteiger charge is -2.17. The maximum atomic E-state index is 12.7. The van der Waals surface area contributed by atoms with Gasteiger partial charge in [0.05, 0.1) is 19.1 Å². The zero-order chi connectivity index (χ0) is 17.2. The largest absolute Gasteiger partial charge is 0.466 e. The Hall–Kier alpha value is -1.68. The van der Waals surface area contributed by atoms with Crippen LogP contribution in [0.25, 0.3) is 0 Å². The molecule has 1 rings (SSSR count). The molecule has 0 aliphatic rings. The first kappa shape index (κ1) is 19.4. The number of carbonyl (C=O) groups excluding carboxylic acids is 2. The van der Waals surface area contributed by atoms with Crippen molar-refractivity contribution in [2.24, 2.45) is 5.92 Å². The molecule has 0 spiro atoms. The molecule has 0 bridgehead atoms. The van der Waals surface area contributed by atoms with Crippen LogP contribution in [0.5, 0.6) is 0 Å². The maximum Gasteiger partial charge on any atom is 0.307 e. The van der Waals surface area contributed by atoms with Gasteiger partial charge in [-0.05, 0) is 37.8 Å². The Morgan fingerprint density at radius 1 is 1.13 bits per heavy atom.